The van der Waals surface area contributed by atoms with Crippen molar-refractivity contribution in [2.24, 2.45) is 5.92 Å². The lowest BCUT2D eigenvalue weighted by molar-refractivity contribution is -0.160. The van der Waals surface area contributed by atoms with Crippen LogP contribution in [-0.2, 0) is 16.0 Å². The Morgan fingerprint density at radius 1 is 1.17 bits per heavy atom. The van der Waals surface area contributed by atoms with Gasteiger partial charge in [-0.2, -0.15) is 24.9 Å². The summed E-state index contributed by atoms with van der Waals surface area (Å²) in [7, 11) is 0. The number of thioether (sulfide) groups is 1. The van der Waals surface area contributed by atoms with Gasteiger partial charge in [-0.05, 0) is 42.2 Å². The van der Waals surface area contributed by atoms with Crippen molar-refractivity contribution in [1.29, 1.82) is 0 Å². The fourth-order valence-electron chi connectivity index (χ4n) is 4.95. The van der Waals surface area contributed by atoms with E-state index in [0.29, 0.717) is 23.5 Å². The number of nitrogens with zero attached hydrogens (tertiary/aromatic N) is 1. The van der Waals surface area contributed by atoms with Gasteiger partial charge in [0.25, 0.3) is 0 Å². The van der Waals surface area contributed by atoms with Crippen molar-refractivity contribution in [1.82, 2.24) is 4.90 Å². The highest BCUT2D eigenvalue weighted by atomic mass is 32.2. The molecular formula is C26H26F3N3O3S. The summed E-state index contributed by atoms with van der Waals surface area (Å²) in [6, 6.07) is 11.4. The molecule has 5 rings (SSSR count). The van der Waals surface area contributed by atoms with Crippen LogP contribution in [0.15, 0.2) is 48.5 Å². The molecule has 3 aliphatic heterocycles. The summed E-state index contributed by atoms with van der Waals surface area (Å²) in [5.41, 5.74) is 2.09. The number of hydrogen-bond acceptors (Lipinski definition) is 5. The van der Waals surface area contributed by atoms with E-state index in [4.69, 9.17) is 4.74 Å². The molecule has 0 aliphatic carbocycles. The van der Waals surface area contributed by atoms with Gasteiger partial charge in [0.1, 0.15) is 5.75 Å². The number of alkyl halides is 3. The maximum atomic E-state index is 13.9. The molecule has 1 saturated heterocycles. The Morgan fingerprint density at radius 3 is 2.72 bits per heavy atom. The first kappa shape index (κ1) is 24.7. The fourth-order valence-corrected chi connectivity index (χ4v) is 5.88. The summed E-state index contributed by atoms with van der Waals surface area (Å²) >= 11 is 1.88. The molecule has 1 fully saturated rings. The number of rotatable bonds is 3. The SMILES string of the molecule is O=C(C=C1c2ccccc2OCCC1C(F)(F)F)Nc1ccc2c(c1)NC(=O)C(N1CCSCC1)C2. The highest BCUT2D eigenvalue weighted by molar-refractivity contribution is 7.99. The maximum absolute atomic E-state index is 13.9. The van der Waals surface area contributed by atoms with Crippen LogP contribution in [0, 0.1) is 5.92 Å². The minimum absolute atomic E-state index is 0.0805. The van der Waals surface area contributed by atoms with Gasteiger partial charge >= 0.3 is 6.18 Å². The lowest BCUT2D eigenvalue weighted by Gasteiger charge is -2.36. The van der Waals surface area contributed by atoms with Gasteiger partial charge in [-0.3, -0.25) is 14.5 Å². The molecule has 2 N–H and O–H groups in total. The van der Waals surface area contributed by atoms with Gasteiger partial charge in [-0.15, -0.1) is 0 Å². The number of carbonyl (C=O) groups is 2. The smallest absolute Gasteiger partial charge is 0.395 e. The summed E-state index contributed by atoms with van der Waals surface area (Å²) in [6.07, 6.45) is -3.21. The predicted octanol–water partition coefficient (Wildman–Crippen LogP) is 4.58. The summed E-state index contributed by atoms with van der Waals surface area (Å²) < 4.78 is 47.1. The van der Waals surface area contributed by atoms with Crippen molar-refractivity contribution in [3.8, 4) is 5.75 Å². The normalized spacial score (nSPS) is 23.6. The van der Waals surface area contributed by atoms with E-state index in [1.807, 2.05) is 17.8 Å². The number of halogens is 3. The lowest BCUT2D eigenvalue weighted by atomic mass is 9.89. The third-order valence-corrected chi connectivity index (χ3v) is 7.70. The van der Waals surface area contributed by atoms with E-state index in [9.17, 15) is 22.8 Å². The standard InChI is InChI=1S/C26H26F3N3O3S/c27-26(28,29)20-7-10-35-23-4-2-1-3-18(23)19(20)15-24(33)30-17-6-5-16-13-22(25(34)31-21(16)14-17)32-8-11-36-12-9-32/h1-6,14-15,20,22H,7-13H2,(H,30,33)(H,31,34). The lowest BCUT2D eigenvalue weighted by Crippen LogP contribution is -2.50. The summed E-state index contributed by atoms with van der Waals surface area (Å²) in [5.74, 6) is -0.252. The van der Waals surface area contributed by atoms with Crippen LogP contribution in [0.25, 0.3) is 5.57 Å². The molecule has 3 aliphatic rings. The number of allylic oxidation sites excluding steroid dienone is 1. The van der Waals surface area contributed by atoms with E-state index in [1.54, 1.807) is 30.3 Å². The summed E-state index contributed by atoms with van der Waals surface area (Å²) in [5, 5.41) is 5.60. The molecule has 0 radical (unpaired) electrons. The molecule has 0 bridgehead atoms. The molecule has 0 spiro atoms. The zero-order valence-electron chi connectivity index (χ0n) is 19.4. The zero-order valence-corrected chi connectivity index (χ0v) is 20.3. The number of fused-ring (bicyclic) bond motifs is 2. The number of ether oxygens (including phenoxy) is 1. The zero-order chi connectivity index (χ0) is 25.3. The number of benzene rings is 2. The van der Waals surface area contributed by atoms with Crippen LogP contribution < -0.4 is 15.4 Å². The average Bonchev–Trinajstić information content (AvgIpc) is 3.04. The van der Waals surface area contributed by atoms with Crippen LogP contribution in [0.3, 0.4) is 0 Å². The Morgan fingerprint density at radius 2 is 1.94 bits per heavy atom. The van der Waals surface area contributed by atoms with Crippen LogP contribution in [0.4, 0.5) is 24.5 Å². The van der Waals surface area contributed by atoms with E-state index < -0.39 is 18.0 Å². The molecule has 190 valence electrons. The largest absolute Gasteiger partial charge is 0.493 e. The van der Waals surface area contributed by atoms with Crippen LogP contribution in [0.2, 0.25) is 0 Å². The van der Waals surface area contributed by atoms with Crippen molar-refractivity contribution in [3.63, 3.8) is 0 Å². The monoisotopic (exact) mass is 517 g/mol. The maximum Gasteiger partial charge on any atom is 0.395 e. The van der Waals surface area contributed by atoms with E-state index in [0.717, 1.165) is 36.2 Å². The molecule has 0 saturated carbocycles. The van der Waals surface area contributed by atoms with Gasteiger partial charge < -0.3 is 15.4 Å². The number of carbonyl (C=O) groups excluding carboxylic acids is 2. The Balaban J connectivity index is 1.36. The van der Waals surface area contributed by atoms with Crippen molar-refractivity contribution in [2.45, 2.75) is 25.1 Å². The first-order valence-electron chi connectivity index (χ1n) is 11.9. The minimum atomic E-state index is -4.52. The second kappa shape index (κ2) is 10.2. The average molecular weight is 518 g/mol. The Bertz CT molecular complexity index is 1190. The molecule has 10 heteroatoms. The van der Waals surface area contributed by atoms with Gasteiger partial charge in [0.05, 0.1) is 18.6 Å². The highest BCUT2D eigenvalue weighted by Gasteiger charge is 2.44. The van der Waals surface area contributed by atoms with Crippen molar-refractivity contribution in [2.75, 3.05) is 41.8 Å². The molecule has 2 unspecified atom stereocenters. The fraction of sp³-hybridized carbons (Fsp3) is 0.385. The van der Waals surface area contributed by atoms with E-state index in [-0.39, 0.29) is 36.1 Å². The molecule has 36 heavy (non-hydrogen) atoms. The van der Waals surface area contributed by atoms with Crippen LogP contribution >= 0.6 is 11.8 Å². The number of nitrogens with one attached hydrogen (secondary N) is 2. The van der Waals surface area contributed by atoms with Crippen molar-refractivity contribution < 1.29 is 27.5 Å². The van der Waals surface area contributed by atoms with Gasteiger partial charge in [0.2, 0.25) is 11.8 Å². The molecule has 2 aromatic carbocycles. The molecule has 0 aromatic heterocycles. The van der Waals surface area contributed by atoms with Crippen molar-refractivity contribution >= 4 is 40.5 Å². The van der Waals surface area contributed by atoms with Gasteiger partial charge in [-0.25, -0.2) is 0 Å². The first-order chi connectivity index (χ1) is 17.3. The van der Waals surface area contributed by atoms with E-state index >= 15 is 0 Å². The third kappa shape index (κ3) is 5.24. The predicted molar refractivity (Wildman–Crippen MR) is 134 cm³/mol. The molecular weight excluding hydrogens is 491 g/mol. The van der Waals surface area contributed by atoms with Crippen molar-refractivity contribution in [3.05, 3.63) is 59.7 Å². The van der Waals surface area contributed by atoms with Crippen LogP contribution in [0.1, 0.15) is 17.5 Å². The van der Waals surface area contributed by atoms with Crippen LogP contribution in [0.5, 0.6) is 5.75 Å². The quantitative estimate of drug-likeness (QED) is 0.584. The summed E-state index contributed by atoms with van der Waals surface area (Å²) in [4.78, 5) is 27.8. The minimum Gasteiger partial charge on any atom is -0.493 e. The Kier molecular flexibility index (Phi) is 6.98. The van der Waals surface area contributed by atoms with Gasteiger partial charge in [0.15, 0.2) is 0 Å². The van der Waals surface area contributed by atoms with Crippen LogP contribution in [-0.4, -0.2) is 60.1 Å². The van der Waals surface area contributed by atoms with E-state index in [1.165, 1.54) is 6.07 Å². The molecule has 2 aromatic rings. The number of anilines is 2. The Hall–Kier alpha value is -2.98. The molecule has 3 heterocycles. The molecule has 6 nitrogen and oxygen atoms in total. The molecule has 2 atom stereocenters. The second-order valence-electron chi connectivity index (χ2n) is 9.05. The third-order valence-electron chi connectivity index (χ3n) is 6.76. The van der Waals surface area contributed by atoms with Gasteiger partial charge in [0, 0.05) is 47.6 Å². The number of para-hydroxylation sites is 1. The number of hydrogen-bond donors (Lipinski definition) is 2. The highest BCUT2D eigenvalue weighted by Crippen LogP contribution is 2.44. The first-order valence-corrected chi connectivity index (χ1v) is 13.0. The topological polar surface area (TPSA) is 70.7 Å². The summed E-state index contributed by atoms with van der Waals surface area (Å²) in [6.45, 7) is 1.64. The Labute approximate surface area is 211 Å². The van der Waals surface area contributed by atoms with Gasteiger partial charge in [-0.1, -0.05) is 24.3 Å². The molecule has 2 amide bonds. The number of amides is 2. The van der Waals surface area contributed by atoms with E-state index in [2.05, 4.69) is 15.5 Å². The second-order valence-corrected chi connectivity index (χ2v) is 10.3.